The maximum atomic E-state index is 13.4. The van der Waals surface area contributed by atoms with Gasteiger partial charge in [0.05, 0.1) is 17.7 Å². The highest BCUT2D eigenvalue weighted by Crippen LogP contribution is 2.26. The maximum absolute atomic E-state index is 13.4. The van der Waals surface area contributed by atoms with Crippen LogP contribution in [0.1, 0.15) is 35.6 Å². The summed E-state index contributed by atoms with van der Waals surface area (Å²) < 4.78 is 8.22. The molecule has 0 bridgehead atoms. The van der Waals surface area contributed by atoms with Gasteiger partial charge in [0.1, 0.15) is 6.54 Å². The molecule has 0 spiro atoms. The summed E-state index contributed by atoms with van der Waals surface area (Å²) >= 11 is 0. The van der Waals surface area contributed by atoms with E-state index in [1.807, 2.05) is 49.4 Å². The second kappa shape index (κ2) is 9.77. The van der Waals surface area contributed by atoms with Crippen LogP contribution >= 0.6 is 0 Å². The lowest BCUT2D eigenvalue weighted by atomic mass is 10.0. The predicted octanol–water partition coefficient (Wildman–Crippen LogP) is 3.04. The number of amides is 1. The minimum Gasteiger partial charge on any atom is -0.461 e. The Kier molecular flexibility index (Phi) is 6.37. The number of benzene rings is 2. The van der Waals surface area contributed by atoms with Crippen LogP contribution in [0, 0.1) is 0 Å². The third kappa shape index (κ3) is 4.17. The average molecular weight is 486 g/mol. The number of ether oxygens (including phenoxy) is 1. The lowest BCUT2D eigenvalue weighted by Gasteiger charge is -2.28. The van der Waals surface area contributed by atoms with Gasteiger partial charge in [-0.3, -0.25) is 14.3 Å². The first-order valence-electron chi connectivity index (χ1n) is 12.1. The monoisotopic (exact) mass is 485 g/mol. The van der Waals surface area contributed by atoms with Gasteiger partial charge in [-0.15, -0.1) is 0 Å². The van der Waals surface area contributed by atoms with E-state index < -0.39 is 5.97 Å². The fourth-order valence-electron chi connectivity index (χ4n) is 4.71. The Morgan fingerprint density at radius 2 is 1.67 bits per heavy atom. The van der Waals surface area contributed by atoms with Gasteiger partial charge in [0.25, 0.3) is 5.56 Å². The second-order valence-electron chi connectivity index (χ2n) is 8.60. The number of fused-ring (bicyclic) bond motifs is 2. The Labute approximate surface area is 207 Å². The lowest BCUT2D eigenvalue weighted by molar-refractivity contribution is -0.133. The molecule has 2 aromatic carbocycles. The molecule has 0 radical (unpaired) electrons. The van der Waals surface area contributed by atoms with Crippen molar-refractivity contribution in [2.24, 2.45) is 0 Å². The fourth-order valence-corrected chi connectivity index (χ4v) is 4.71. The van der Waals surface area contributed by atoms with Gasteiger partial charge in [-0.05, 0) is 19.9 Å². The molecule has 1 amide bonds. The average Bonchev–Trinajstić information content (AvgIpc) is 3.29. The SMILES string of the molecule is CCOC(=O)c1nn(CC)c2c1CN(C(=O)Cn1nc(-c3ccccc3)c3ccccc3c1=O)CC2. The first-order valence-corrected chi connectivity index (χ1v) is 12.1. The van der Waals surface area contributed by atoms with E-state index in [0.717, 1.165) is 16.6 Å². The van der Waals surface area contributed by atoms with E-state index in [2.05, 4.69) is 10.2 Å². The number of hydrogen-bond donors (Lipinski definition) is 0. The molecule has 9 heteroatoms. The molecular formula is C27H27N5O4. The summed E-state index contributed by atoms with van der Waals surface area (Å²) in [4.78, 5) is 40.8. The number of nitrogens with zero attached hydrogens (tertiary/aromatic N) is 5. The van der Waals surface area contributed by atoms with Gasteiger partial charge in [0, 0.05) is 48.3 Å². The smallest absolute Gasteiger partial charge is 0.359 e. The molecule has 0 saturated carbocycles. The van der Waals surface area contributed by atoms with Gasteiger partial charge in [-0.2, -0.15) is 10.2 Å². The van der Waals surface area contributed by atoms with Crippen molar-refractivity contribution in [1.29, 1.82) is 0 Å². The molecule has 3 heterocycles. The molecule has 0 N–H and O–H groups in total. The minimum atomic E-state index is -0.491. The molecule has 9 nitrogen and oxygen atoms in total. The van der Waals surface area contributed by atoms with Crippen molar-refractivity contribution in [3.63, 3.8) is 0 Å². The predicted molar refractivity (Wildman–Crippen MR) is 134 cm³/mol. The van der Waals surface area contributed by atoms with Crippen LogP contribution in [0.4, 0.5) is 0 Å². The number of rotatable bonds is 6. The van der Waals surface area contributed by atoms with Crippen molar-refractivity contribution in [2.75, 3.05) is 13.2 Å². The Hall–Kier alpha value is -4.27. The molecule has 36 heavy (non-hydrogen) atoms. The zero-order chi connectivity index (χ0) is 25.2. The quantitative estimate of drug-likeness (QED) is 0.389. The summed E-state index contributed by atoms with van der Waals surface area (Å²) in [5, 5.41) is 10.3. The molecule has 0 aliphatic carbocycles. The van der Waals surface area contributed by atoms with Crippen LogP contribution < -0.4 is 5.56 Å². The van der Waals surface area contributed by atoms with E-state index in [9.17, 15) is 14.4 Å². The zero-order valence-corrected chi connectivity index (χ0v) is 20.3. The van der Waals surface area contributed by atoms with Gasteiger partial charge >= 0.3 is 5.97 Å². The third-order valence-corrected chi connectivity index (χ3v) is 6.45. The van der Waals surface area contributed by atoms with Crippen molar-refractivity contribution in [2.45, 2.75) is 39.9 Å². The normalized spacial score (nSPS) is 13.0. The van der Waals surface area contributed by atoms with Crippen LogP contribution in [-0.4, -0.2) is 49.5 Å². The van der Waals surface area contributed by atoms with Crippen LogP contribution in [0.25, 0.3) is 22.0 Å². The lowest BCUT2D eigenvalue weighted by Crippen LogP contribution is -2.41. The number of esters is 1. The number of carbonyl (C=O) groups is 2. The maximum Gasteiger partial charge on any atom is 0.359 e. The zero-order valence-electron chi connectivity index (χ0n) is 20.3. The van der Waals surface area contributed by atoms with E-state index in [-0.39, 0.29) is 36.9 Å². The highest BCUT2D eigenvalue weighted by atomic mass is 16.5. The van der Waals surface area contributed by atoms with Gasteiger partial charge in [0.2, 0.25) is 5.91 Å². The molecule has 0 unspecified atom stereocenters. The van der Waals surface area contributed by atoms with Gasteiger partial charge < -0.3 is 9.64 Å². The first-order chi connectivity index (χ1) is 17.5. The number of hydrogen-bond acceptors (Lipinski definition) is 6. The first kappa shape index (κ1) is 23.5. The highest BCUT2D eigenvalue weighted by Gasteiger charge is 2.30. The molecule has 2 aromatic heterocycles. The molecule has 0 atom stereocenters. The summed E-state index contributed by atoms with van der Waals surface area (Å²) in [6, 6.07) is 16.9. The number of carbonyl (C=O) groups excluding carboxylic acids is 2. The number of aromatic nitrogens is 4. The van der Waals surface area contributed by atoms with Crippen LogP contribution in [0.3, 0.4) is 0 Å². The molecule has 0 saturated heterocycles. The summed E-state index contributed by atoms with van der Waals surface area (Å²) in [6.45, 7) is 5.07. The highest BCUT2D eigenvalue weighted by molar-refractivity contribution is 5.94. The molecule has 5 rings (SSSR count). The van der Waals surface area contributed by atoms with E-state index >= 15 is 0 Å². The van der Waals surface area contributed by atoms with Crippen molar-refractivity contribution in [3.05, 3.63) is 81.9 Å². The van der Waals surface area contributed by atoms with E-state index in [4.69, 9.17) is 4.74 Å². The molecular weight excluding hydrogens is 458 g/mol. The Balaban J connectivity index is 1.47. The molecule has 4 aromatic rings. The second-order valence-corrected chi connectivity index (χ2v) is 8.60. The topological polar surface area (TPSA) is 99.3 Å². The van der Waals surface area contributed by atoms with Crippen LogP contribution in [0.5, 0.6) is 0 Å². The molecule has 1 aliphatic heterocycles. The van der Waals surface area contributed by atoms with Crippen molar-refractivity contribution in [1.82, 2.24) is 24.5 Å². The molecule has 0 fully saturated rings. The van der Waals surface area contributed by atoms with E-state index in [1.54, 1.807) is 28.6 Å². The van der Waals surface area contributed by atoms with Crippen molar-refractivity contribution >= 4 is 22.6 Å². The van der Waals surface area contributed by atoms with Crippen LogP contribution in [0.2, 0.25) is 0 Å². The van der Waals surface area contributed by atoms with E-state index in [0.29, 0.717) is 36.2 Å². The van der Waals surface area contributed by atoms with Crippen LogP contribution in [-0.2, 0) is 35.6 Å². The van der Waals surface area contributed by atoms with E-state index in [1.165, 1.54) is 4.68 Å². The fraction of sp³-hybridized carbons (Fsp3) is 0.296. The standard InChI is InChI=1S/C27H27N5O4/c1-3-31-22-14-15-30(16-21(22)25(29-31)27(35)36-4-2)23(33)17-32-26(34)20-13-9-8-12-19(20)24(28-32)18-10-6-5-7-11-18/h5-13H,3-4,14-17H2,1-2H3. The van der Waals surface area contributed by atoms with Gasteiger partial charge in [-0.25, -0.2) is 9.48 Å². The summed E-state index contributed by atoms with van der Waals surface area (Å²) in [7, 11) is 0. The van der Waals surface area contributed by atoms with Crippen LogP contribution in [0.15, 0.2) is 59.4 Å². The largest absolute Gasteiger partial charge is 0.461 e. The van der Waals surface area contributed by atoms with Gasteiger partial charge in [-0.1, -0.05) is 48.5 Å². The summed E-state index contributed by atoms with van der Waals surface area (Å²) in [6.07, 6.45) is 0.566. The Bertz CT molecular complexity index is 1510. The van der Waals surface area contributed by atoms with Gasteiger partial charge in [0.15, 0.2) is 5.69 Å². The van der Waals surface area contributed by atoms with Crippen molar-refractivity contribution < 1.29 is 14.3 Å². The Morgan fingerprint density at radius 1 is 0.944 bits per heavy atom. The summed E-state index contributed by atoms with van der Waals surface area (Å²) in [5.74, 6) is -0.737. The summed E-state index contributed by atoms with van der Waals surface area (Å²) in [5.41, 5.74) is 3.09. The van der Waals surface area contributed by atoms with Crippen molar-refractivity contribution in [3.8, 4) is 11.3 Å². The third-order valence-electron chi connectivity index (χ3n) is 6.45. The minimum absolute atomic E-state index is 0.199. The Morgan fingerprint density at radius 3 is 2.39 bits per heavy atom. The molecule has 184 valence electrons. The molecule has 1 aliphatic rings. The number of aryl methyl sites for hydroxylation is 1.